The zero-order valence-corrected chi connectivity index (χ0v) is 11.0. The highest BCUT2D eigenvalue weighted by atomic mass is 32.2. The second-order valence-corrected chi connectivity index (χ2v) is 6.25. The van der Waals surface area contributed by atoms with Crippen molar-refractivity contribution in [2.45, 2.75) is 17.7 Å². The maximum absolute atomic E-state index is 11.2. The smallest absolute Gasteiger partial charge is 0.310 e. The lowest BCUT2D eigenvalue weighted by molar-refractivity contribution is -0.134. The highest BCUT2D eigenvalue weighted by molar-refractivity contribution is 7.91. The fraction of sp³-hybridized carbons (Fsp3) is 0.200. The third-order valence-electron chi connectivity index (χ3n) is 2.10. The first kappa shape index (κ1) is 12.9. The first-order valence-corrected chi connectivity index (χ1v) is 7.40. The van der Waals surface area contributed by atoms with Gasteiger partial charge in [-0.25, -0.2) is 18.5 Å². The lowest BCUT2D eigenvalue weighted by Gasteiger charge is -2.01. The molecule has 0 fully saturated rings. The number of nitrogens with two attached hydrogens (primary N) is 1. The summed E-state index contributed by atoms with van der Waals surface area (Å²) in [7, 11) is -3.81. The van der Waals surface area contributed by atoms with E-state index in [1.165, 1.54) is 0 Å². The molecule has 8 heteroatoms. The van der Waals surface area contributed by atoms with Crippen LogP contribution in [-0.2, 0) is 14.8 Å². The molecular weight excluding hydrogens is 276 g/mol. The normalized spacial score (nSPS) is 11.7. The van der Waals surface area contributed by atoms with Gasteiger partial charge in [0.15, 0.2) is 0 Å². The van der Waals surface area contributed by atoms with E-state index in [0.29, 0.717) is 16.0 Å². The highest BCUT2D eigenvalue weighted by Gasteiger charge is 2.15. The minimum atomic E-state index is -3.81. The number of fused-ring (bicyclic) bond motifs is 1. The number of carbonyl (C=O) groups excluding carboxylic acids is 1. The third kappa shape index (κ3) is 2.66. The zero-order chi connectivity index (χ0) is 13.3. The summed E-state index contributed by atoms with van der Waals surface area (Å²) in [4.78, 5) is 15.0. The van der Waals surface area contributed by atoms with E-state index >= 15 is 0 Å². The Hall–Kier alpha value is -1.51. The summed E-state index contributed by atoms with van der Waals surface area (Å²) in [6, 6.07) is 4.70. The van der Waals surface area contributed by atoms with E-state index in [-0.39, 0.29) is 16.7 Å². The average molecular weight is 286 g/mol. The van der Waals surface area contributed by atoms with Crippen molar-refractivity contribution in [1.82, 2.24) is 4.98 Å². The maximum Gasteiger partial charge on any atom is 0.310 e. The third-order valence-corrected chi connectivity index (χ3v) is 4.44. The van der Waals surface area contributed by atoms with E-state index in [0.717, 1.165) is 11.3 Å². The molecule has 0 aliphatic rings. The number of rotatable bonds is 3. The Morgan fingerprint density at radius 1 is 1.50 bits per heavy atom. The van der Waals surface area contributed by atoms with Crippen LogP contribution in [0.15, 0.2) is 22.5 Å². The molecule has 18 heavy (non-hydrogen) atoms. The maximum atomic E-state index is 11.2. The van der Waals surface area contributed by atoms with E-state index in [1.54, 1.807) is 25.1 Å². The van der Waals surface area contributed by atoms with Crippen molar-refractivity contribution in [2.75, 3.05) is 0 Å². The molecule has 0 amide bonds. The van der Waals surface area contributed by atoms with Crippen LogP contribution in [0.4, 0.5) is 0 Å². The van der Waals surface area contributed by atoms with Gasteiger partial charge in [0.05, 0.1) is 10.2 Å². The van der Waals surface area contributed by atoms with E-state index in [1.807, 2.05) is 0 Å². The van der Waals surface area contributed by atoms with E-state index < -0.39 is 10.0 Å². The summed E-state index contributed by atoms with van der Waals surface area (Å²) in [6.07, 6.45) is 0.267. The molecule has 0 saturated heterocycles. The number of hydrogen-bond acceptors (Lipinski definition) is 6. The van der Waals surface area contributed by atoms with E-state index in [2.05, 4.69) is 4.98 Å². The number of primary sulfonamides is 1. The molecule has 2 rings (SSSR count). The molecule has 0 radical (unpaired) electrons. The topological polar surface area (TPSA) is 99.3 Å². The fourth-order valence-corrected chi connectivity index (χ4v) is 2.96. The van der Waals surface area contributed by atoms with Crippen LogP contribution in [0.5, 0.6) is 5.75 Å². The Morgan fingerprint density at radius 3 is 2.83 bits per heavy atom. The minimum Gasteiger partial charge on any atom is -0.426 e. The number of nitrogens with zero attached hydrogens (tertiary/aromatic N) is 1. The van der Waals surface area contributed by atoms with Crippen LogP contribution in [0.1, 0.15) is 13.3 Å². The predicted molar refractivity (Wildman–Crippen MR) is 66.9 cm³/mol. The summed E-state index contributed by atoms with van der Waals surface area (Å²) in [5, 5.41) is 5.00. The summed E-state index contributed by atoms with van der Waals surface area (Å²) in [6.45, 7) is 1.69. The van der Waals surface area contributed by atoms with Gasteiger partial charge < -0.3 is 4.74 Å². The lowest BCUT2D eigenvalue weighted by Crippen LogP contribution is -2.11. The average Bonchev–Trinajstić information content (AvgIpc) is 2.71. The minimum absolute atomic E-state index is 0.156. The van der Waals surface area contributed by atoms with Crippen LogP contribution in [0.3, 0.4) is 0 Å². The van der Waals surface area contributed by atoms with Gasteiger partial charge in [-0.1, -0.05) is 6.92 Å². The molecule has 96 valence electrons. The first-order chi connectivity index (χ1) is 8.40. The number of aromatic nitrogens is 1. The first-order valence-electron chi connectivity index (χ1n) is 5.04. The monoisotopic (exact) mass is 286 g/mol. The van der Waals surface area contributed by atoms with Crippen LogP contribution >= 0.6 is 11.3 Å². The largest absolute Gasteiger partial charge is 0.426 e. The molecule has 0 aliphatic carbocycles. The molecule has 0 aliphatic heterocycles. The van der Waals surface area contributed by atoms with Gasteiger partial charge in [-0.2, -0.15) is 0 Å². The van der Waals surface area contributed by atoms with Crippen molar-refractivity contribution >= 4 is 37.5 Å². The van der Waals surface area contributed by atoms with Crippen LogP contribution in [0, 0.1) is 0 Å². The van der Waals surface area contributed by atoms with Gasteiger partial charge in [-0.05, 0) is 12.1 Å². The Labute approximate surface area is 107 Å². The molecule has 6 nitrogen and oxygen atoms in total. The number of carbonyl (C=O) groups is 1. The molecule has 2 aromatic rings. The molecule has 1 aromatic carbocycles. The van der Waals surface area contributed by atoms with Crippen molar-refractivity contribution in [3.63, 3.8) is 0 Å². The van der Waals surface area contributed by atoms with E-state index in [4.69, 9.17) is 9.88 Å². The Morgan fingerprint density at radius 2 is 2.22 bits per heavy atom. The fourth-order valence-electron chi connectivity index (χ4n) is 1.27. The van der Waals surface area contributed by atoms with Crippen LogP contribution in [-0.4, -0.2) is 19.4 Å². The van der Waals surface area contributed by atoms with Crippen LogP contribution in [0.25, 0.3) is 10.2 Å². The van der Waals surface area contributed by atoms with Gasteiger partial charge in [0, 0.05) is 12.5 Å². The van der Waals surface area contributed by atoms with Crippen LogP contribution in [0.2, 0.25) is 0 Å². The number of ether oxygens (including phenoxy) is 1. The SMILES string of the molecule is CCC(=O)Oc1ccc2nc(S(N)(=O)=O)sc2c1. The summed E-state index contributed by atoms with van der Waals surface area (Å²) >= 11 is 0.938. The predicted octanol–water partition coefficient (Wildman–Crippen LogP) is 1.26. The number of benzene rings is 1. The van der Waals surface area contributed by atoms with Gasteiger partial charge in [0.1, 0.15) is 5.75 Å². The molecule has 1 aromatic heterocycles. The number of hydrogen-bond donors (Lipinski definition) is 1. The molecule has 0 saturated carbocycles. The molecule has 0 unspecified atom stereocenters. The second kappa shape index (κ2) is 4.63. The number of esters is 1. The van der Waals surface area contributed by atoms with Gasteiger partial charge in [-0.3, -0.25) is 4.79 Å². The van der Waals surface area contributed by atoms with Gasteiger partial charge >= 0.3 is 5.97 Å². The highest BCUT2D eigenvalue weighted by Crippen LogP contribution is 2.28. The van der Waals surface area contributed by atoms with Crippen molar-refractivity contribution in [1.29, 1.82) is 0 Å². The van der Waals surface area contributed by atoms with Crippen LogP contribution < -0.4 is 9.88 Å². The summed E-state index contributed by atoms with van der Waals surface area (Å²) in [5.41, 5.74) is 0.500. The van der Waals surface area contributed by atoms with Crippen molar-refractivity contribution in [3.05, 3.63) is 18.2 Å². The van der Waals surface area contributed by atoms with Gasteiger partial charge in [0.25, 0.3) is 10.0 Å². The van der Waals surface area contributed by atoms with Gasteiger partial charge in [0.2, 0.25) is 4.34 Å². The molecular formula is C10H10N2O4S2. The quantitative estimate of drug-likeness (QED) is 0.676. The Balaban J connectivity index is 2.43. The summed E-state index contributed by atoms with van der Waals surface area (Å²) < 4.78 is 27.8. The standard InChI is InChI=1S/C10H10N2O4S2/c1-2-9(13)16-6-3-4-7-8(5-6)17-10(12-7)18(11,14)15/h3-5H,2H2,1H3,(H2,11,14,15). The molecule has 1 heterocycles. The van der Waals surface area contributed by atoms with Crippen molar-refractivity contribution in [2.24, 2.45) is 5.14 Å². The lowest BCUT2D eigenvalue weighted by atomic mass is 10.3. The van der Waals surface area contributed by atoms with E-state index in [9.17, 15) is 13.2 Å². The summed E-state index contributed by atoms with van der Waals surface area (Å²) in [5.74, 6) is 0.00417. The molecule has 0 bridgehead atoms. The second-order valence-electron chi connectivity index (χ2n) is 3.48. The molecule has 0 atom stereocenters. The molecule has 2 N–H and O–H groups in total. The zero-order valence-electron chi connectivity index (χ0n) is 9.41. The van der Waals surface area contributed by atoms with Crippen molar-refractivity contribution < 1.29 is 17.9 Å². The number of thiazole rings is 1. The molecule has 0 spiro atoms. The van der Waals surface area contributed by atoms with Gasteiger partial charge in [-0.15, -0.1) is 11.3 Å². The Bertz CT molecular complexity index is 706. The number of sulfonamides is 1. The Kier molecular flexibility index (Phi) is 3.33. The van der Waals surface area contributed by atoms with Crippen molar-refractivity contribution in [3.8, 4) is 5.75 Å².